The maximum absolute atomic E-state index is 13.0. The Kier molecular flexibility index (Phi) is 6.48. The summed E-state index contributed by atoms with van der Waals surface area (Å²) in [5.74, 6) is 0.956. The fraction of sp³-hybridized carbons (Fsp3) is 0.435. The Bertz CT molecular complexity index is 780. The van der Waals surface area contributed by atoms with Crippen molar-refractivity contribution in [2.24, 2.45) is 5.92 Å². The predicted octanol–water partition coefficient (Wildman–Crippen LogP) is 4.92. The largest absolute Gasteiger partial charge is 0.339 e. The van der Waals surface area contributed by atoms with Gasteiger partial charge in [-0.1, -0.05) is 42.5 Å². The van der Waals surface area contributed by atoms with Gasteiger partial charge in [0.25, 0.3) is 0 Å². The number of amides is 1. The number of hydrogen-bond acceptors (Lipinski definition) is 2. The molecular formula is C23H29NO2S. The van der Waals surface area contributed by atoms with Crippen molar-refractivity contribution in [1.29, 1.82) is 0 Å². The molecule has 0 aliphatic heterocycles. The first-order chi connectivity index (χ1) is 13.0. The fourth-order valence-electron chi connectivity index (χ4n) is 4.04. The molecule has 1 aliphatic carbocycles. The van der Waals surface area contributed by atoms with Gasteiger partial charge in [-0.25, -0.2) is 0 Å². The van der Waals surface area contributed by atoms with Gasteiger partial charge in [0.2, 0.25) is 5.91 Å². The van der Waals surface area contributed by atoms with Crippen LogP contribution in [0.25, 0.3) is 0 Å². The van der Waals surface area contributed by atoms with E-state index >= 15 is 0 Å². The summed E-state index contributed by atoms with van der Waals surface area (Å²) in [6, 6.07) is 18.4. The molecule has 0 N–H and O–H groups in total. The molecule has 3 nitrogen and oxygen atoms in total. The number of carbonyl (C=O) groups excluding carboxylic acids is 1. The van der Waals surface area contributed by atoms with E-state index in [-0.39, 0.29) is 17.9 Å². The van der Waals surface area contributed by atoms with Crippen molar-refractivity contribution in [3.05, 3.63) is 65.7 Å². The lowest BCUT2D eigenvalue weighted by Gasteiger charge is -2.33. The lowest BCUT2D eigenvalue weighted by atomic mass is 9.78. The molecule has 1 saturated carbocycles. The molecule has 2 aromatic carbocycles. The van der Waals surface area contributed by atoms with Crippen LogP contribution >= 0.6 is 0 Å². The van der Waals surface area contributed by atoms with Crippen LogP contribution in [0.2, 0.25) is 0 Å². The highest BCUT2D eigenvalue weighted by Gasteiger charge is 2.30. The summed E-state index contributed by atoms with van der Waals surface area (Å²) < 4.78 is 11.6. The van der Waals surface area contributed by atoms with Gasteiger partial charge in [0, 0.05) is 34.9 Å². The summed E-state index contributed by atoms with van der Waals surface area (Å²) in [4.78, 5) is 15.7. The third kappa shape index (κ3) is 4.67. The van der Waals surface area contributed by atoms with Crippen molar-refractivity contribution < 1.29 is 9.00 Å². The Hall–Kier alpha value is -1.94. The Morgan fingerprint density at radius 2 is 1.59 bits per heavy atom. The molecular weight excluding hydrogens is 354 g/mol. The SMILES string of the molecule is C[C@H](c1ccc([S@](C)=O)cc1)N(C)C(=O)C1CCC(c2ccccc2)CC1. The van der Waals surface area contributed by atoms with Crippen LogP contribution in [-0.2, 0) is 15.6 Å². The van der Waals surface area contributed by atoms with Crippen molar-refractivity contribution in [3.8, 4) is 0 Å². The van der Waals surface area contributed by atoms with E-state index in [2.05, 4.69) is 37.3 Å². The maximum atomic E-state index is 13.0. The van der Waals surface area contributed by atoms with Gasteiger partial charge < -0.3 is 4.90 Å². The molecule has 27 heavy (non-hydrogen) atoms. The minimum Gasteiger partial charge on any atom is -0.339 e. The van der Waals surface area contributed by atoms with Gasteiger partial charge in [-0.15, -0.1) is 0 Å². The highest BCUT2D eigenvalue weighted by atomic mass is 32.2. The quantitative estimate of drug-likeness (QED) is 0.735. The number of rotatable bonds is 5. The molecule has 144 valence electrons. The van der Waals surface area contributed by atoms with Gasteiger partial charge in [0.05, 0.1) is 6.04 Å². The summed E-state index contributed by atoms with van der Waals surface area (Å²) in [5.41, 5.74) is 2.48. The van der Waals surface area contributed by atoms with Crippen LogP contribution in [-0.4, -0.2) is 28.3 Å². The molecule has 0 saturated heterocycles. The minimum absolute atomic E-state index is 0.0173. The van der Waals surface area contributed by atoms with E-state index in [1.54, 1.807) is 6.26 Å². The van der Waals surface area contributed by atoms with Crippen molar-refractivity contribution in [1.82, 2.24) is 4.90 Å². The van der Waals surface area contributed by atoms with Crippen LogP contribution in [0, 0.1) is 5.92 Å². The van der Waals surface area contributed by atoms with E-state index in [0.29, 0.717) is 5.92 Å². The Morgan fingerprint density at radius 3 is 2.15 bits per heavy atom. The zero-order valence-corrected chi connectivity index (χ0v) is 17.2. The summed E-state index contributed by atoms with van der Waals surface area (Å²) in [6.07, 6.45) is 5.77. The topological polar surface area (TPSA) is 37.4 Å². The smallest absolute Gasteiger partial charge is 0.225 e. The zero-order chi connectivity index (χ0) is 19.4. The number of hydrogen-bond donors (Lipinski definition) is 0. The number of carbonyl (C=O) groups is 1. The molecule has 0 unspecified atom stereocenters. The minimum atomic E-state index is -0.974. The third-order valence-corrected chi connectivity index (χ3v) is 6.91. The molecule has 1 aliphatic rings. The van der Waals surface area contributed by atoms with Gasteiger partial charge in [0.15, 0.2) is 0 Å². The molecule has 0 radical (unpaired) electrons. The van der Waals surface area contributed by atoms with Crippen LogP contribution < -0.4 is 0 Å². The first-order valence-corrected chi connectivity index (χ1v) is 11.3. The Labute approximate surface area is 165 Å². The molecule has 3 rings (SSSR count). The van der Waals surface area contributed by atoms with E-state index in [9.17, 15) is 9.00 Å². The molecule has 1 fully saturated rings. The predicted molar refractivity (Wildman–Crippen MR) is 111 cm³/mol. The molecule has 0 heterocycles. The molecule has 4 heteroatoms. The molecule has 0 bridgehead atoms. The average Bonchev–Trinajstić information content (AvgIpc) is 2.73. The van der Waals surface area contributed by atoms with Crippen molar-refractivity contribution in [2.75, 3.05) is 13.3 Å². The van der Waals surface area contributed by atoms with E-state index in [1.807, 2.05) is 36.2 Å². The standard InChI is InChI=1S/C23H29NO2S/c1-17(18-13-15-22(16-14-18)27(3)26)24(2)23(25)21-11-9-20(10-12-21)19-7-5-4-6-8-19/h4-8,13-17,20-21H,9-12H2,1-3H3/t17-,20?,21?,27+/m1/s1. The van der Waals surface area contributed by atoms with Crippen LogP contribution in [0.3, 0.4) is 0 Å². The third-order valence-electron chi connectivity index (χ3n) is 5.97. The fourth-order valence-corrected chi connectivity index (χ4v) is 4.56. The maximum Gasteiger partial charge on any atom is 0.225 e. The monoisotopic (exact) mass is 383 g/mol. The zero-order valence-electron chi connectivity index (χ0n) is 16.4. The van der Waals surface area contributed by atoms with Gasteiger partial charge in [-0.2, -0.15) is 0 Å². The number of nitrogens with zero attached hydrogens (tertiary/aromatic N) is 1. The second-order valence-corrected chi connectivity index (χ2v) is 8.99. The Balaban J connectivity index is 1.59. The van der Waals surface area contributed by atoms with Gasteiger partial charge >= 0.3 is 0 Å². The van der Waals surface area contributed by atoms with Gasteiger partial charge in [-0.05, 0) is 61.8 Å². The van der Waals surface area contributed by atoms with Crippen LogP contribution in [0.1, 0.15) is 55.7 Å². The summed E-state index contributed by atoms with van der Waals surface area (Å²) in [5, 5.41) is 0. The van der Waals surface area contributed by atoms with E-state index in [4.69, 9.17) is 0 Å². The first kappa shape index (κ1) is 19.8. The Morgan fingerprint density at radius 1 is 1.00 bits per heavy atom. The second kappa shape index (κ2) is 8.83. The van der Waals surface area contributed by atoms with Crippen LogP contribution in [0.15, 0.2) is 59.5 Å². The highest BCUT2D eigenvalue weighted by Crippen LogP contribution is 2.37. The summed E-state index contributed by atoms with van der Waals surface area (Å²) >= 11 is 0. The van der Waals surface area contributed by atoms with Crippen molar-refractivity contribution in [3.63, 3.8) is 0 Å². The van der Waals surface area contributed by atoms with Crippen LogP contribution in [0.4, 0.5) is 0 Å². The second-order valence-electron chi connectivity index (χ2n) is 7.61. The molecule has 0 aromatic heterocycles. The molecule has 1 amide bonds. The van der Waals surface area contributed by atoms with E-state index < -0.39 is 10.8 Å². The number of benzene rings is 2. The van der Waals surface area contributed by atoms with Gasteiger partial charge in [0.1, 0.15) is 0 Å². The molecule has 0 spiro atoms. The normalized spacial score (nSPS) is 22.0. The summed E-state index contributed by atoms with van der Waals surface area (Å²) in [7, 11) is 0.931. The average molecular weight is 384 g/mol. The first-order valence-electron chi connectivity index (χ1n) is 9.72. The molecule has 2 aromatic rings. The van der Waals surface area contributed by atoms with E-state index in [0.717, 1.165) is 36.1 Å². The highest BCUT2D eigenvalue weighted by molar-refractivity contribution is 7.84. The van der Waals surface area contributed by atoms with Crippen molar-refractivity contribution in [2.45, 2.75) is 49.5 Å². The van der Waals surface area contributed by atoms with E-state index in [1.165, 1.54) is 5.56 Å². The van der Waals surface area contributed by atoms with Gasteiger partial charge in [-0.3, -0.25) is 9.00 Å². The van der Waals surface area contributed by atoms with Crippen molar-refractivity contribution >= 4 is 16.7 Å². The lowest BCUT2D eigenvalue weighted by molar-refractivity contribution is -0.137. The summed E-state index contributed by atoms with van der Waals surface area (Å²) in [6.45, 7) is 2.06. The lowest BCUT2D eigenvalue weighted by Crippen LogP contribution is -2.36. The van der Waals surface area contributed by atoms with Crippen LogP contribution in [0.5, 0.6) is 0 Å². The molecule has 2 atom stereocenters.